The van der Waals surface area contributed by atoms with E-state index < -0.39 is 0 Å². The van der Waals surface area contributed by atoms with Crippen LogP contribution in [-0.4, -0.2) is 73.5 Å². The van der Waals surface area contributed by atoms with Crippen LogP contribution in [0.4, 0.5) is 0 Å². The number of halogens is 2. The Morgan fingerprint density at radius 3 is 2.14 bits per heavy atom. The lowest BCUT2D eigenvalue weighted by Gasteiger charge is -2.33. The first-order valence-corrected chi connectivity index (χ1v) is 13.2. The van der Waals surface area contributed by atoms with E-state index in [1.807, 2.05) is 24.3 Å². The fourth-order valence-electron chi connectivity index (χ4n) is 4.94. The van der Waals surface area contributed by atoms with Gasteiger partial charge in [0.05, 0.1) is 19.4 Å². The largest absolute Gasteiger partial charge is 0.378 e. The summed E-state index contributed by atoms with van der Waals surface area (Å²) >= 11 is 12.1. The van der Waals surface area contributed by atoms with Gasteiger partial charge in [0, 0.05) is 61.6 Å². The molecule has 35 heavy (non-hydrogen) atoms. The van der Waals surface area contributed by atoms with E-state index in [4.69, 9.17) is 33.0 Å². The topological polar surface area (TPSA) is 31.3 Å². The standard InChI is InChI=1S/C28H32Cl2N4O/c29-26-7-1-22(2-8-26)19-24-5-6-25(28(24)33-15-17-35-18-16-33)20-31-34-13-11-32(12-14-34)21-23-3-9-27(30)10-4-23/h1-4,7-10,19-20H,5-6,11-18,21H2/b24-19+,31-20-. The molecule has 0 amide bonds. The van der Waals surface area contributed by atoms with Crippen LogP contribution in [0.2, 0.25) is 10.0 Å². The summed E-state index contributed by atoms with van der Waals surface area (Å²) in [5.74, 6) is 0. The molecule has 2 saturated heterocycles. The SMILES string of the molecule is Clc1ccc(/C=C2\CCC(/C=N\N3CCN(Cc4ccc(Cl)cc4)CC3)=C2N2CCOCC2)cc1. The maximum Gasteiger partial charge on any atom is 0.0642 e. The van der Waals surface area contributed by atoms with Gasteiger partial charge in [0.15, 0.2) is 0 Å². The fraction of sp³-hybridized carbons (Fsp3) is 0.393. The molecule has 3 aliphatic rings. The van der Waals surface area contributed by atoms with Gasteiger partial charge in [-0.1, -0.05) is 47.5 Å². The van der Waals surface area contributed by atoms with Crippen LogP contribution < -0.4 is 0 Å². The number of benzene rings is 2. The Balaban J connectivity index is 1.26. The lowest BCUT2D eigenvalue weighted by Crippen LogP contribution is -2.43. The summed E-state index contributed by atoms with van der Waals surface area (Å²) in [7, 11) is 0. The Labute approximate surface area is 218 Å². The third-order valence-corrected chi connectivity index (χ3v) is 7.36. The Morgan fingerprint density at radius 1 is 0.800 bits per heavy atom. The van der Waals surface area contributed by atoms with Gasteiger partial charge in [-0.2, -0.15) is 5.10 Å². The average Bonchev–Trinajstić information content (AvgIpc) is 3.29. The summed E-state index contributed by atoms with van der Waals surface area (Å²) in [5, 5.41) is 8.69. The maximum absolute atomic E-state index is 6.09. The zero-order chi connectivity index (χ0) is 24.0. The monoisotopic (exact) mass is 510 g/mol. The molecule has 0 aromatic heterocycles. The van der Waals surface area contributed by atoms with Crippen LogP contribution in [0, 0.1) is 0 Å². The summed E-state index contributed by atoms with van der Waals surface area (Å²) in [5.41, 5.74) is 6.54. The van der Waals surface area contributed by atoms with Crippen molar-refractivity contribution in [3.05, 3.63) is 86.5 Å². The lowest BCUT2D eigenvalue weighted by atomic mass is 10.1. The van der Waals surface area contributed by atoms with E-state index in [2.05, 4.69) is 51.4 Å². The molecule has 2 heterocycles. The molecule has 2 aromatic carbocycles. The van der Waals surface area contributed by atoms with Gasteiger partial charge in [-0.25, -0.2) is 0 Å². The first-order chi connectivity index (χ1) is 17.1. The highest BCUT2D eigenvalue weighted by Crippen LogP contribution is 2.35. The van der Waals surface area contributed by atoms with Gasteiger partial charge < -0.3 is 9.64 Å². The highest BCUT2D eigenvalue weighted by Gasteiger charge is 2.26. The molecular weight excluding hydrogens is 479 g/mol. The van der Waals surface area contributed by atoms with E-state index in [9.17, 15) is 0 Å². The van der Waals surface area contributed by atoms with E-state index in [1.165, 1.54) is 28.0 Å². The van der Waals surface area contributed by atoms with Crippen molar-refractivity contribution in [2.24, 2.45) is 5.10 Å². The van der Waals surface area contributed by atoms with Gasteiger partial charge in [-0.3, -0.25) is 9.91 Å². The van der Waals surface area contributed by atoms with Gasteiger partial charge in [0.2, 0.25) is 0 Å². The van der Waals surface area contributed by atoms with Crippen LogP contribution in [0.25, 0.3) is 6.08 Å². The Morgan fingerprint density at radius 2 is 1.46 bits per heavy atom. The minimum absolute atomic E-state index is 0.767. The van der Waals surface area contributed by atoms with Crippen molar-refractivity contribution in [3.63, 3.8) is 0 Å². The second kappa shape index (κ2) is 11.6. The molecule has 0 N–H and O–H groups in total. The van der Waals surface area contributed by atoms with Crippen LogP contribution >= 0.6 is 23.2 Å². The number of piperazine rings is 1. The normalized spacial score (nSPS) is 21.0. The predicted octanol–water partition coefficient (Wildman–Crippen LogP) is 5.56. The molecule has 0 atom stereocenters. The van der Waals surface area contributed by atoms with Crippen molar-refractivity contribution in [1.82, 2.24) is 14.8 Å². The molecule has 0 spiro atoms. The second-order valence-corrected chi connectivity index (χ2v) is 10.2. The Bertz CT molecular complexity index is 1080. The van der Waals surface area contributed by atoms with E-state index >= 15 is 0 Å². The molecule has 0 saturated carbocycles. The second-order valence-electron chi connectivity index (χ2n) is 9.30. The first kappa shape index (κ1) is 24.4. The predicted molar refractivity (Wildman–Crippen MR) is 145 cm³/mol. The number of allylic oxidation sites excluding steroid dienone is 2. The van der Waals surface area contributed by atoms with Crippen molar-refractivity contribution >= 4 is 35.5 Å². The average molecular weight is 511 g/mol. The summed E-state index contributed by atoms with van der Waals surface area (Å²) in [6.07, 6.45) is 6.47. The molecular formula is C28H32Cl2N4O. The first-order valence-electron chi connectivity index (χ1n) is 12.4. The third-order valence-electron chi connectivity index (χ3n) is 6.86. The van der Waals surface area contributed by atoms with Crippen LogP contribution in [0.15, 0.2) is 70.5 Å². The van der Waals surface area contributed by atoms with Gasteiger partial charge in [0.1, 0.15) is 0 Å². The number of morpholine rings is 1. The smallest absolute Gasteiger partial charge is 0.0642 e. The minimum Gasteiger partial charge on any atom is -0.378 e. The minimum atomic E-state index is 0.767. The fourth-order valence-corrected chi connectivity index (χ4v) is 5.19. The van der Waals surface area contributed by atoms with Gasteiger partial charge >= 0.3 is 0 Å². The van der Waals surface area contributed by atoms with Crippen molar-refractivity contribution < 1.29 is 4.74 Å². The molecule has 7 heteroatoms. The summed E-state index contributed by atoms with van der Waals surface area (Å²) in [4.78, 5) is 4.96. The zero-order valence-electron chi connectivity index (χ0n) is 20.0. The molecule has 2 fully saturated rings. The maximum atomic E-state index is 6.09. The zero-order valence-corrected chi connectivity index (χ0v) is 21.5. The molecule has 184 valence electrons. The molecule has 0 bridgehead atoms. The Kier molecular flexibility index (Phi) is 8.09. The summed E-state index contributed by atoms with van der Waals surface area (Å²) in [6, 6.07) is 16.2. The quantitative estimate of drug-likeness (QED) is 0.476. The summed E-state index contributed by atoms with van der Waals surface area (Å²) < 4.78 is 5.62. The number of hydrazone groups is 1. The van der Waals surface area contributed by atoms with Gasteiger partial charge in [0.25, 0.3) is 0 Å². The number of hydrogen-bond donors (Lipinski definition) is 0. The number of rotatable bonds is 6. The van der Waals surface area contributed by atoms with Crippen molar-refractivity contribution in [2.45, 2.75) is 19.4 Å². The highest BCUT2D eigenvalue weighted by molar-refractivity contribution is 6.30. The lowest BCUT2D eigenvalue weighted by molar-refractivity contribution is 0.0548. The van der Waals surface area contributed by atoms with Gasteiger partial charge in [-0.05, 0) is 65.5 Å². The van der Waals surface area contributed by atoms with Crippen LogP contribution in [0.5, 0.6) is 0 Å². The molecule has 2 aromatic rings. The van der Waals surface area contributed by atoms with E-state index in [0.717, 1.165) is 81.9 Å². The molecule has 2 aliphatic heterocycles. The number of nitrogens with zero attached hydrogens (tertiary/aromatic N) is 4. The van der Waals surface area contributed by atoms with Crippen LogP contribution in [0.1, 0.15) is 24.0 Å². The molecule has 0 unspecified atom stereocenters. The van der Waals surface area contributed by atoms with Crippen LogP contribution in [0.3, 0.4) is 0 Å². The number of ether oxygens (including phenoxy) is 1. The van der Waals surface area contributed by atoms with E-state index in [-0.39, 0.29) is 0 Å². The van der Waals surface area contributed by atoms with E-state index in [1.54, 1.807) is 0 Å². The van der Waals surface area contributed by atoms with E-state index in [0.29, 0.717) is 0 Å². The van der Waals surface area contributed by atoms with Crippen molar-refractivity contribution in [1.29, 1.82) is 0 Å². The van der Waals surface area contributed by atoms with Crippen molar-refractivity contribution in [3.8, 4) is 0 Å². The third kappa shape index (κ3) is 6.47. The molecule has 5 rings (SSSR count). The molecule has 5 nitrogen and oxygen atoms in total. The van der Waals surface area contributed by atoms with Crippen LogP contribution in [-0.2, 0) is 11.3 Å². The number of hydrogen-bond acceptors (Lipinski definition) is 5. The highest BCUT2D eigenvalue weighted by atomic mass is 35.5. The van der Waals surface area contributed by atoms with Gasteiger partial charge in [-0.15, -0.1) is 0 Å². The Hall–Kier alpha value is -2.31. The molecule has 0 radical (unpaired) electrons. The summed E-state index contributed by atoms with van der Waals surface area (Å²) in [6.45, 7) is 8.26. The van der Waals surface area contributed by atoms with Crippen molar-refractivity contribution in [2.75, 3.05) is 52.5 Å². The molecule has 1 aliphatic carbocycles.